The van der Waals surface area contributed by atoms with E-state index >= 15 is 0 Å². The highest BCUT2D eigenvalue weighted by Crippen LogP contribution is 2.18. The minimum Gasteiger partial charge on any atom is -0.384 e. The predicted molar refractivity (Wildman–Crippen MR) is 112 cm³/mol. The molecule has 0 aliphatic carbocycles. The monoisotopic (exact) mass is 421 g/mol. The first-order valence-corrected chi connectivity index (χ1v) is 10.3. The van der Waals surface area contributed by atoms with Crippen molar-refractivity contribution in [2.45, 2.75) is 20.0 Å². The molecule has 2 amide bonds. The molecule has 1 unspecified atom stereocenters. The molecule has 1 aliphatic heterocycles. The quantitative estimate of drug-likeness (QED) is 0.669. The van der Waals surface area contributed by atoms with Crippen molar-refractivity contribution in [3.05, 3.63) is 26.7 Å². The predicted octanol–water partition coefficient (Wildman–Crippen LogP) is -0.916. The third-order valence-electron chi connectivity index (χ3n) is 5.92. The molecule has 0 aromatic carbocycles. The Kier molecular flexibility index (Phi) is 6.32. The molecule has 1 aliphatic rings. The van der Waals surface area contributed by atoms with Gasteiger partial charge in [-0.25, -0.2) is 14.6 Å². The van der Waals surface area contributed by atoms with Gasteiger partial charge in [0.05, 0.1) is 0 Å². The van der Waals surface area contributed by atoms with Crippen LogP contribution >= 0.6 is 0 Å². The number of hydrogen-bond acceptors (Lipinski definition) is 6. The van der Waals surface area contributed by atoms with E-state index in [-0.39, 0.29) is 17.2 Å². The minimum absolute atomic E-state index is 0.0484. The molecule has 0 bridgehead atoms. The SMILES string of the molecule is CCN(CC)C(=O)N1CCN(CC(O)c2nc3c(c(=O)n(C)c(=O)n3C)n2C)CC1. The smallest absolute Gasteiger partial charge is 0.332 e. The van der Waals surface area contributed by atoms with E-state index in [1.165, 1.54) is 11.6 Å². The van der Waals surface area contributed by atoms with Gasteiger partial charge < -0.3 is 19.5 Å². The second-order valence-corrected chi connectivity index (χ2v) is 7.67. The highest BCUT2D eigenvalue weighted by atomic mass is 16.3. The number of β-amino-alcohol motifs (C(OH)–C–C–N with tert-alkyl or cyclic N) is 1. The van der Waals surface area contributed by atoms with Gasteiger partial charge in [0.1, 0.15) is 11.9 Å². The second kappa shape index (κ2) is 8.60. The average molecular weight is 422 g/mol. The van der Waals surface area contributed by atoms with Crippen LogP contribution in [-0.4, -0.2) is 90.3 Å². The van der Waals surface area contributed by atoms with E-state index < -0.39 is 17.4 Å². The summed E-state index contributed by atoms with van der Waals surface area (Å²) >= 11 is 0. The molecule has 0 saturated carbocycles. The van der Waals surface area contributed by atoms with Crippen molar-refractivity contribution in [2.24, 2.45) is 21.1 Å². The number of aryl methyl sites for hydroxylation is 2. The molecule has 1 saturated heterocycles. The van der Waals surface area contributed by atoms with Crippen molar-refractivity contribution in [3.8, 4) is 0 Å². The third-order valence-corrected chi connectivity index (χ3v) is 5.92. The van der Waals surface area contributed by atoms with Crippen molar-refractivity contribution in [2.75, 3.05) is 45.8 Å². The average Bonchev–Trinajstić information content (AvgIpc) is 3.09. The summed E-state index contributed by atoms with van der Waals surface area (Å²) < 4.78 is 3.90. The molecule has 166 valence electrons. The molecule has 11 heteroatoms. The number of carbonyl (C=O) groups is 1. The Morgan fingerprint density at radius 1 is 1.03 bits per heavy atom. The molecular weight excluding hydrogens is 390 g/mol. The van der Waals surface area contributed by atoms with E-state index in [9.17, 15) is 19.5 Å². The summed E-state index contributed by atoms with van der Waals surface area (Å²) in [5.74, 6) is 0.338. The maximum atomic E-state index is 12.5. The number of rotatable bonds is 5. The van der Waals surface area contributed by atoms with Crippen molar-refractivity contribution in [1.82, 2.24) is 33.4 Å². The molecule has 30 heavy (non-hydrogen) atoms. The molecule has 11 nitrogen and oxygen atoms in total. The summed E-state index contributed by atoms with van der Waals surface area (Å²) in [6.45, 7) is 8.12. The summed E-state index contributed by atoms with van der Waals surface area (Å²) in [6, 6.07) is 0.0484. The first-order chi connectivity index (χ1) is 14.2. The Morgan fingerprint density at radius 2 is 1.63 bits per heavy atom. The molecule has 0 radical (unpaired) electrons. The summed E-state index contributed by atoms with van der Waals surface area (Å²) in [4.78, 5) is 47.3. The highest BCUT2D eigenvalue weighted by molar-refractivity contribution is 5.74. The van der Waals surface area contributed by atoms with Gasteiger partial charge >= 0.3 is 11.7 Å². The van der Waals surface area contributed by atoms with Crippen LogP contribution in [0.5, 0.6) is 0 Å². The fourth-order valence-electron chi connectivity index (χ4n) is 3.98. The Balaban J connectivity index is 1.73. The van der Waals surface area contributed by atoms with Crippen LogP contribution < -0.4 is 11.2 Å². The fraction of sp³-hybridized carbons (Fsp3) is 0.684. The lowest BCUT2D eigenvalue weighted by Gasteiger charge is -2.37. The van der Waals surface area contributed by atoms with Gasteiger partial charge in [-0.3, -0.25) is 18.8 Å². The van der Waals surface area contributed by atoms with Crippen LogP contribution in [0.3, 0.4) is 0 Å². The molecule has 1 atom stereocenters. The van der Waals surface area contributed by atoms with E-state index in [0.29, 0.717) is 51.6 Å². The van der Waals surface area contributed by atoms with E-state index in [0.717, 1.165) is 4.57 Å². The molecule has 1 N–H and O–H groups in total. The van der Waals surface area contributed by atoms with Gasteiger partial charge in [0.2, 0.25) is 0 Å². The number of carbonyl (C=O) groups excluding carboxylic acids is 1. The molecule has 3 rings (SSSR count). The number of aromatic nitrogens is 4. The van der Waals surface area contributed by atoms with Crippen LogP contribution in [0.1, 0.15) is 25.8 Å². The van der Waals surface area contributed by atoms with Gasteiger partial charge in [-0.15, -0.1) is 0 Å². The van der Waals surface area contributed by atoms with E-state index in [2.05, 4.69) is 9.88 Å². The summed E-state index contributed by atoms with van der Waals surface area (Å²) in [5.41, 5.74) is -0.358. The van der Waals surface area contributed by atoms with Crippen molar-refractivity contribution in [3.63, 3.8) is 0 Å². The zero-order valence-electron chi connectivity index (χ0n) is 18.3. The summed E-state index contributed by atoms with van der Waals surface area (Å²) in [5, 5.41) is 10.8. The number of urea groups is 1. The maximum absolute atomic E-state index is 12.5. The van der Waals surface area contributed by atoms with Gasteiger partial charge in [-0.2, -0.15) is 0 Å². The molecule has 1 fully saturated rings. The summed E-state index contributed by atoms with van der Waals surface area (Å²) in [6.07, 6.45) is -0.924. The van der Waals surface area contributed by atoms with Crippen LogP contribution in [0.2, 0.25) is 0 Å². The lowest BCUT2D eigenvalue weighted by atomic mass is 10.2. The lowest BCUT2D eigenvalue weighted by molar-refractivity contribution is 0.0690. The topological polar surface area (TPSA) is 109 Å². The number of aliphatic hydroxyl groups is 1. The summed E-state index contributed by atoms with van der Waals surface area (Å²) in [7, 11) is 4.64. The van der Waals surface area contributed by atoms with Crippen molar-refractivity contribution < 1.29 is 9.90 Å². The van der Waals surface area contributed by atoms with Gasteiger partial charge in [-0.1, -0.05) is 0 Å². The number of fused-ring (bicyclic) bond motifs is 1. The molecule has 2 aromatic rings. The normalized spacial score (nSPS) is 16.3. The van der Waals surface area contributed by atoms with Crippen LogP contribution in [0.15, 0.2) is 9.59 Å². The van der Waals surface area contributed by atoms with Crippen LogP contribution in [0.25, 0.3) is 11.2 Å². The second-order valence-electron chi connectivity index (χ2n) is 7.67. The Morgan fingerprint density at radius 3 is 2.20 bits per heavy atom. The van der Waals surface area contributed by atoms with Gasteiger partial charge in [-0.05, 0) is 13.8 Å². The zero-order valence-corrected chi connectivity index (χ0v) is 18.3. The standard InChI is InChI=1S/C19H31N7O4/c1-6-25(7-2)19(30)26-10-8-24(9-11-26)12-13(27)15-20-16-14(21(15)3)17(28)23(5)18(29)22(16)4/h13,27H,6-12H2,1-5H3. The Bertz CT molecular complexity index is 1040. The van der Waals surface area contributed by atoms with Crippen LogP contribution in [-0.2, 0) is 21.1 Å². The van der Waals surface area contributed by atoms with Gasteiger partial charge in [0.25, 0.3) is 5.56 Å². The zero-order chi connectivity index (χ0) is 22.2. The fourth-order valence-corrected chi connectivity index (χ4v) is 3.98. The molecule has 3 heterocycles. The molecule has 2 aromatic heterocycles. The Hall–Kier alpha value is -2.66. The van der Waals surface area contributed by atoms with Gasteiger partial charge in [0, 0.05) is 67.0 Å². The van der Waals surface area contributed by atoms with Crippen LogP contribution in [0, 0.1) is 0 Å². The lowest BCUT2D eigenvalue weighted by Crippen LogP contribution is -2.53. The number of piperazine rings is 1. The highest BCUT2D eigenvalue weighted by Gasteiger charge is 2.27. The van der Waals surface area contributed by atoms with Crippen LogP contribution in [0.4, 0.5) is 4.79 Å². The molecular formula is C19H31N7O4. The number of imidazole rings is 1. The van der Waals surface area contributed by atoms with Crippen molar-refractivity contribution >= 4 is 17.2 Å². The molecule has 0 spiro atoms. The minimum atomic E-state index is -0.924. The number of hydrogen-bond donors (Lipinski definition) is 1. The third kappa shape index (κ3) is 3.74. The van der Waals surface area contributed by atoms with Gasteiger partial charge in [0.15, 0.2) is 11.2 Å². The first-order valence-electron chi connectivity index (χ1n) is 10.3. The van der Waals surface area contributed by atoms with E-state index in [1.54, 1.807) is 23.6 Å². The maximum Gasteiger partial charge on any atom is 0.332 e. The van der Waals surface area contributed by atoms with Crippen molar-refractivity contribution in [1.29, 1.82) is 0 Å². The number of amides is 2. The first kappa shape index (κ1) is 22.0. The van der Waals surface area contributed by atoms with E-state index in [1.807, 2.05) is 18.7 Å². The Labute approximate surface area is 174 Å². The van der Waals surface area contributed by atoms with E-state index in [4.69, 9.17) is 0 Å². The number of nitrogens with zero attached hydrogens (tertiary/aromatic N) is 7. The largest absolute Gasteiger partial charge is 0.384 e. The number of aliphatic hydroxyl groups excluding tert-OH is 1.